The lowest BCUT2D eigenvalue weighted by Gasteiger charge is -1.86. The van der Waals surface area contributed by atoms with Gasteiger partial charge in [0.1, 0.15) is 10.4 Å². The van der Waals surface area contributed by atoms with Crippen molar-refractivity contribution in [2.45, 2.75) is 12.8 Å². The van der Waals surface area contributed by atoms with Gasteiger partial charge in [0, 0.05) is 18.6 Å². The molecule has 0 fully saturated rings. The molecule has 0 N–H and O–H groups in total. The summed E-state index contributed by atoms with van der Waals surface area (Å²) in [6, 6.07) is 0. The molecule has 0 aliphatic heterocycles. The smallest absolute Gasteiger partial charge is 0.134 e. The van der Waals surface area contributed by atoms with Gasteiger partial charge in [0.05, 0.1) is 0 Å². The standard InChI is InChI=1S/C5H9NSi/c7-6-5-3-1-2-4-5/h1-2H,3-4H2,7H3. The first-order valence-corrected chi connectivity index (χ1v) is 3.42. The molecule has 0 radical (unpaired) electrons. The van der Waals surface area contributed by atoms with E-state index in [0.717, 1.165) is 23.2 Å². The van der Waals surface area contributed by atoms with Crippen LogP contribution in [0.4, 0.5) is 0 Å². The number of allylic oxidation sites excluding steroid dienone is 2. The second-order valence-corrected chi connectivity index (χ2v) is 2.12. The van der Waals surface area contributed by atoms with Crippen LogP contribution in [0.25, 0.3) is 0 Å². The Labute approximate surface area is 46.6 Å². The molecule has 38 valence electrons. The van der Waals surface area contributed by atoms with Gasteiger partial charge in [-0.25, -0.2) is 0 Å². The van der Waals surface area contributed by atoms with Crippen molar-refractivity contribution in [2.75, 3.05) is 0 Å². The second kappa shape index (κ2) is 2.07. The van der Waals surface area contributed by atoms with Gasteiger partial charge >= 0.3 is 0 Å². The Morgan fingerprint density at radius 3 is 2.29 bits per heavy atom. The lowest BCUT2D eigenvalue weighted by Crippen LogP contribution is -1.86. The fraction of sp³-hybridized carbons (Fsp3) is 0.400. The maximum Gasteiger partial charge on any atom is 0.134 e. The normalized spacial score (nSPS) is 18.6. The van der Waals surface area contributed by atoms with Crippen LogP contribution in [-0.2, 0) is 0 Å². The zero-order valence-corrected chi connectivity index (χ0v) is 6.52. The summed E-state index contributed by atoms with van der Waals surface area (Å²) in [7, 11) is 0.979. The third kappa shape index (κ3) is 0.995. The molecule has 2 heteroatoms. The van der Waals surface area contributed by atoms with E-state index in [-0.39, 0.29) is 0 Å². The van der Waals surface area contributed by atoms with Crippen LogP contribution in [0.2, 0.25) is 0 Å². The molecule has 7 heavy (non-hydrogen) atoms. The largest absolute Gasteiger partial charge is 0.341 e. The van der Waals surface area contributed by atoms with Crippen molar-refractivity contribution in [1.82, 2.24) is 0 Å². The highest BCUT2D eigenvalue weighted by atomic mass is 28.2. The van der Waals surface area contributed by atoms with Crippen LogP contribution in [0, 0.1) is 0 Å². The Morgan fingerprint density at radius 1 is 1.43 bits per heavy atom. The highest BCUT2D eigenvalue weighted by molar-refractivity contribution is 6.13. The molecule has 0 atom stereocenters. The number of rotatable bonds is 0. The van der Waals surface area contributed by atoms with Crippen molar-refractivity contribution in [3.8, 4) is 0 Å². The number of hydrogen-bond acceptors (Lipinski definition) is 1. The summed E-state index contributed by atoms with van der Waals surface area (Å²) >= 11 is 0. The third-order valence-corrected chi connectivity index (χ3v) is 1.82. The van der Waals surface area contributed by atoms with Gasteiger partial charge in [0.2, 0.25) is 0 Å². The van der Waals surface area contributed by atoms with Gasteiger partial charge in [0.15, 0.2) is 0 Å². The van der Waals surface area contributed by atoms with E-state index in [9.17, 15) is 0 Å². The van der Waals surface area contributed by atoms with E-state index in [4.69, 9.17) is 0 Å². The SMILES string of the molecule is [SiH3]N=C1CC=CC1. The van der Waals surface area contributed by atoms with Crippen molar-refractivity contribution in [2.24, 2.45) is 4.66 Å². The fourth-order valence-corrected chi connectivity index (χ4v) is 1.07. The molecule has 0 unspecified atom stereocenters. The number of hydrogen-bond donors (Lipinski definition) is 0. The zero-order valence-electron chi connectivity index (χ0n) is 4.52. The lowest BCUT2D eigenvalue weighted by atomic mass is 10.3. The van der Waals surface area contributed by atoms with E-state index in [1.807, 2.05) is 0 Å². The van der Waals surface area contributed by atoms with Crippen LogP contribution >= 0.6 is 0 Å². The molecule has 1 rings (SSSR count). The highest BCUT2D eigenvalue weighted by Gasteiger charge is 1.96. The van der Waals surface area contributed by atoms with E-state index in [1.54, 1.807) is 0 Å². The van der Waals surface area contributed by atoms with Gasteiger partial charge in [-0.2, -0.15) is 0 Å². The summed E-state index contributed by atoms with van der Waals surface area (Å²) in [5.74, 6) is 0. The first kappa shape index (κ1) is 4.78. The zero-order chi connectivity index (χ0) is 5.11. The molecule has 1 nitrogen and oxygen atoms in total. The summed E-state index contributed by atoms with van der Waals surface area (Å²) in [5.41, 5.74) is 1.37. The number of nitrogens with zero attached hydrogens (tertiary/aromatic N) is 1. The Balaban J connectivity index is 2.51. The molecule has 0 aromatic rings. The Bertz CT molecular complexity index is 105. The van der Waals surface area contributed by atoms with Crippen LogP contribution in [0.1, 0.15) is 12.8 Å². The van der Waals surface area contributed by atoms with Gasteiger partial charge in [-0.05, 0) is 0 Å². The van der Waals surface area contributed by atoms with Gasteiger partial charge in [-0.3, -0.25) is 0 Å². The minimum atomic E-state index is 0.979. The molecule has 0 saturated heterocycles. The molecule has 0 aromatic heterocycles. The average molecular weight is 111 g/mol. The summed E-state index contributed by atoms with van der Waals surface area (Å²) in [6.07, 6.45) is 6.58. The lowest BCUT2D eigenvalue weighted by molar-refractivity contribution is 1.45. The molecule has 0 amide bonds. The summed E-state index contributed by atoms with van der Waals surface area (Å²) < 4.78 is 4.18. The van der Waals surface area contributed by atoms with Crippen molar-refractivity contribution in [3.05, 3.63) is 12.2 Å². The monoisotopic (exact) mass is 111 g/mol. The molecule has 0 bridgehead atoms. The van der Waals surface area contributed by atoms with Gasteiger partial charge in [-0.1, -0.05) is 12.2 Å². The second-order valence-electron chi connectivity index (χ2n) is 1.67. The molecule has 0 aromatic carbocycles. The molecular weight excluding hydrogens is 102 g/mol. The van der Waals surface area contributed by atoms with E-state index >= 15 is 0 Å². The minimum Gasteiger partial charge on any atom is -0.341 e. The first-order valence-electron chi connectivity index (χ1n) is 2.53. The minimum absolute atomic E-state index is 0.979. The highest BCUT2D eigenvalue weighted by Crippen LogP contribution is 2.03. The Hall–Kier alpha value is -0.373. The molecule has 0 heterocycles. The molecule has 0 spiro atoms. The first-order chi connectivity index (χ1) is 3.43. The van der Waals surface area contributed by atoms with E-state index < -0.39 is 0 Å². The predicted molar refractivity (Wildman–Crippen MR) is 35.7 cm³/mol. The molecular formula is C5H9NSi. The van der Waals surface area contributed by atoms with Crippen LogP contribution < -0.4 is 0 Å². The summed E-state index contributed by atoms with van der Waals surface area (Å²) in [5, 5.41) is 0. The maximum atomic E-state index is 4.18. The topological polar surface area (TPSA) is 12.4 Å². The average Bonchev–Trinajstić information content (AvgIpc) is 2.14. The Morgan fingerprint density at radius 2 is 2.00 bits per heavy atom. The predicted octanol–water partition coefficient (Wildman–Crippen LogP) is 0.0578. The summed E-state index contributed by atoms with van der Waals surface area (Å²) in [6.45, 7) is 0. The van der Waals surface area contributed by atoms with Gasteiger partial charge in [0.25, 0.3) is 0 Å². The van der Waals surface area contributed by atoms with Crippen molar-refractivity contribution in [3.63, 3.8) is 0 Å². The van der Waals surface area contributed by atoms with E-state index in [1.165, 1.54) is 5.71 Å². The third-order valence-electron chi connectivity index (χ3n) is 1.19. The van der Waals surface area contributed by atoms with Crippen molar-refractivity contribution >= 4 is 16.1 Å². The maximum absolute atomic E-state index is 4.18. The molecule has 1 aliphatic carbocycles. The van der Waals surface area contributed by atoms with Gasteiger partial charge < -0.3 is 4.66 Å². The van der Waals surface area contributed by atoms with E-state index in [0.29, 0.717) is 0 Å². The van der Waals surface area contributed by atoms with Crippen molar-refractivity contribution < 1.29 is 0 Å². The Kier molecular flexibility index (Phi) is 1.41. The van der Waals surface area contributed by atoms with Crippen molar-refractivity contribution in [1.29, 1.82) is 0 Å². The fourth-order valence-electron chi connectivity index (χ4n) is 0.705. The van der Waals surface area contributed by atoms with Crippen LogP contribution in [-0.4, -0.2) is 16.1 Å². The molecule has 0 saturated carbocycles. The van der Waals surface area contributed by atoms with Crippen LogP contribution in [0.5, 0.6) is 0 Å². The van der Waals surface area contributed by atoms with Crippen LogP contribution in [0.3, 0.4) is 0 Å². The summed E-state index contributed by atoms with van der Waals surface area (Å²) in [4.78, 5) is 0. The van der Waals surface area contributed by atoms with E-state index in [2.05, 4.69) is 16.8 Å². The van der Waals surface area contributed by atoms with Crippen LogP contribution in [0.15, 0.2) is 16.8 Å². The quantitative estimate of drug-likeness (QED) is 0.309. The molecule has 1 aliphatic rings. The van der Waals surface area contributed by atoms with Gasteiger partial charge in [-0.15, -0.1) is 0 Å².